The lowest BCUT2D eigenvalue weighted by Crippen LogP contribution is -2.38. The molecule has 3 aromatic rings. The lowest BCUT2D eigenvalue weighted by atomic mass is 9.95. The number of nitrogen functional groups attached to an aromatic ring is 1. The van der Waals surface area contributed by atoms with Gasteiger partial charge in [0, 0.05) is 18.2 Å². The molecular weight excluding hydrogens is 776 g/mol. The third-order valence-corrected chi connectivity index (χ3v) is 10.2. The Kier molecular flexibility index (Phi) is 18.7. The number of carboxylic acids is 1. The van der Waals surface area contributed by atoms with Gasteiger partial charge in [0.1, 0.15) is 5.56 Å². The molecule has 20 nitrogen and oxygen atoms in total. The first kappa shape index (κ1) is 47.3. The Bertz CT molecular complexity index is 1860. The van der Waals surface area contributed by atoms with Gasteiger partial charge in [0.2, 0.25) is 11.5 Å². The second-order valence-corrected chi connectivity index (χ2v) is 14.3. The van der Waals surface area contributed by atoms with Crippen molar-refractivity contribution in [2.24, 2.45) is 0 Å². The molecule has 3 aromatic carbocycles. The third kappa shape index (κ3) is 13.5. The Morgan fingerprint density at radius 1 is 0.593 bits per heavy atom. The normalized spacial score (nSPS) is 15.7. The summed E-state index contributed by atoms with van der Waals surface area (Å²) < 4.78 is 0. The van der Waals surface area contributed by atoms with Gasteiger partial charge in [-0.15, -0.1) is 0 Å². The Hall–Kier alpha value is -6.09. The first-order valence-corrected chi connectivity index (χ1v) is 19.3. The highest BCUT2D eigenvalue weighted by atomic mass is 16.6. The largest absolute Gasteiger partial charge is 0.505 e. The quantitative estimate of drug-likeness (QED) is 0.0366. The van der Waals surface area contributed by atoms with Crippen molar-refractivity contribution < 1.29 is 60.3 Å². The summed E-state index contributed by atoms with van der Waals surface area (Å²) in [7, 11) is 0. The molecule has 20 heteroatoms. The van der Waals surface area contributed by atoms with Crippen LogP contribution in [-0.4, -0.2) is 91.9 Å². The molecule has 0 aromatic heterocycles. The van der Waals surface area contributed by atoms with Crippen molar-refractivity contribution in [1.29, 1.82) is 0 Å². The summed E-state index contributed by atoms with van der Waals surface area (Å²) in [6.07, 6.45) is 15.3. The lowest BCUT2D eigenvalue weighted by Gasteiger charge is -2.29. The van der Waals surface area contributed by atoms with Crippen molar-refractivity contribution in [1.82, 2.24) is 15.6 Å². The number of amides is 2. The van der Waals surface area contributed by atoms with Crippen molar-refractivity contribution in [3.05, 3.63) is 91.5 Å². The van der Waals surface area contributed by atoms with Crippen LogP contribution in [0.2, 0.25) is 0 Å². The fourth-order valence-electron chi connectivity index (χ4n) is 6.90. The van der Waals surface area contributed by atoms with E-state index in [0.717, 1.165) is 87.5 Å². The van der Waals surface area contributed by atoms with Crippen molar-refractivity contribution in [2.45, 2.75) is 114 Å². The fourth-order valence-corrected chi connectivity index (χ4v) is 6.90. The summed E-state index contributed by atoms with van der Waals surface area (Å²) in [5, 5.41) is 87.8. The van der Waals surface area contributed by atoms with E-state index < -0.39 is 56.1 Å². The number of benzene rings is 3. The first-order valence-electron chi connectivity index (χ1n) is 19.3. The van der Waals surface area contributed by atoms with E-state index in [1.165, 1.54) is 49.6 Å². The smallest absolute Gasteiger partial charge is 0.339 e. The monoisotopic (exact) mass is 828 g/mol. The number of rotatable bonds is 8. The Morgan fingerprint density at radius 2 is 0.949 bits per heavy atom. The molecule has 3 fully saturated rings. The minimum Gasteiger partial charge on any atom is -0.505 e. The van der Waals surface area contributed by atoms with Crippen LogP contribution in [0.3, 0.4) is 0 Å². The molecule has 0 spiro atoms. The molecule has 3 aliphatic rings. The number of phenols is 3. The summed E-state index contributed by atoms with van der Waals surface area (Å²) in [6.45, 7) is 0. The molecule has 0 heterocycles. The summed E-state index contributed by atoms with van der Waals surface area (Å²) in [6, 6.07) is 11.5. The molecule has 0 atom stereocenters. The number of nitro groups is 2. The maximum Gasteiger partial charge on any atom is 0.339 e. The molecule has 0 unspecified atom stereocenters. The predicted molar refractivity (Wildman–Crippen MR) is 210 cm³/mol. The second-order valence-electron chi connectivity index (χ2n) is 14.3. The van der Waals surface area contributed by atoms with Crippen molar-refractivity contribution >= 4 is 34.8 Å². The molecule has 0 aliphatic heterocycles. The van der Waals surface area contributed by atoms with Crippen LogP contribution < -0.4 is 11.2 Å². The van der Waals surface area contributed by atoms with Gasteiger partial charge in [0.25, 0.3) is 11.8 Å². The molecule has 10 N–H and O–H groups in total. The number of anilines is 1. The van der Waals surface area contributed by atoms with Crippen LogP contribution in [0.15, 0.2) is 54.6 Å². The van der Waals surface area contributed by atoms with E-state index in [2.05, 4.69) is 5.48 Å². The first-order chi connectivity index (χ1) is 28.1. The van der Waals surface area contributed by atoms with Crippen LogP contribution in [0.1, 0.15) is 127 Å². The van der Waals surface area contributed by atoms with Crippen molar-refractivity contribution in [2.75, 3.05) is 5.73 Å². The molecule has 3 aliphatic carbocycles. The summed E-state index contributed by atoms with van der Waals surface area (Å²) in [5.41, 5.74) is 6.13. The Labute approximate surface area is 339 Å². The standard InChI is InChI=1S/C13H16N2O5.C13H18N2O3.C7H5NO5.C6H13NO/c16-12-10(7-4-8-11(12)15(19)20)13(17)14(18)9-5-2-1-3-6-9;14-11-8-4-7-10(12(11)16)13(17)15(18)9-5-2-1-3-6-9;9-6-4(7(10)11)2-1-3-5(6)8(12)13;8-7-6-4-2-1-3-5-6/h4,7-9,16,18H,1-3,5-6H2;4,7-9,16,18H,1-3,5-6,14H2;1-3,9H,(H,10,11);6-8H,1-5H2. The van der Waals surface area contributed by atoms with Crippen molar-refractivity contribution in [3.63, 3.8) is 0 Å². The topological polar surface area (TPSA) is 324 Å². The van der Waals surface area contributed by atoms with Gasteiger partial charge < -0.3 is 31.4 Å². The van der Waals surface area contributed by atoms with Gasteiger partial charge in [-0.25, -0.2) is 20.4 Å². The lowest BCUT2D eigenvalue weighted by molar-refractivity contribution is -0.386. The Balaban J connectivity index is 0.000000220. The van der Waals surface area contributed by atoms with Crippen molar-refractivity contribution in [3.8, 4) is 17.2 Å². The van der Waals surface area contributed by atoms with E-state index >= 15 is 0 Å². The minimum absolute atomic E-state index is 0.0445. The van der Waals surface area contributed by atoms with Crippen LogP contribution in [0.25, 0.3) is 0 Å². The number of carbonyl (C=O) groups excluding carboxylic acids is 2. The Morgan fingerprint density at radius 3 is 1.32 bits per heavy atom. The molecule has 59 heavy (non-hydrogen) atoms. The van der Waals surface area contributed by atoms with E-state index in [1.54, 1.807) is 6.07 Å². The molecular formula is C39H52N6O14. The van der Waals surface area contributed by atoms with Gasteiger partial charge >= 0.3 is 17.3 Å². The number of para-hydroxylation sites is 3. The van der Waals surface area contributed by atoms with E-state index in [0.29, 0.717) is 23.9 Å². The average molecular weight is 829 g/mol. The maximum atomic E-state index is 12.1. The second kappa shape index (κ2) is 23.3. The highest BCUT2D eigenvalue weighted by Crippen LogP contribution is 2.32. The number of nitrogens with one attached hydrogen (secondary N) is 1. The zero-order chi connectivity index (χ0) is 43.6. The number of hydrogen-bond acceptors (Lipinski definition) is 15. The van der Waals surface area contributed by atoms with Gasteiger partial charge in [-0.1, -0.05) is 76.0 Å². The molecule has 3 saturated carbocycles. The van der Waals surface area contributed by atoms with E-state index in [4.69, 9.17) is 21.2 Å². The van der Waals surface area contributed by atoms with Gasteiger partial charge in [-0.3, -0.25) is 40.2 Å². The molecule has 6 rings (SSSR count). The number of carboxylic acid groups (broad SMARTS) is 1. The minimum atomic E-state index is -1.40. The molecule has 322 valence electrons. The zero-order valence-electron chi connectivity index (χ0n) is 32.4. The van der Waals surface area contributed by atoms with Gasteiger partial charge in [-0.2, -0.15) is 0 Å². The van der Waals surface area contributed by atoms with Gasteiger partial charge in [0.15, 0.2) is 5.75 Å². The SMILES string of the molecule is Nc1cccc(C(=O)N(O)C2CCCCC2)c1O.O=C(O)c1cccc([N+](=O)[O-])c1O.O=C(c1cccc([N+](=O)[O-])c1O)N(O)C1CCCCC1.ONC1CCCCC1. The average Bonchev–Trinajstić information content (AvgIpc) is 3.25. The number of nitro benzene ring substituents is 2. The fraction of sp³-hybridized carbons (Fsp3) is 0.462. The number of hydrogen-bond donors (Lipinski definition) is 9. The highest BCUT2D eigenvalue weighted by Gasteiger charge is 2.30. The summed E-state index contributed by atoms with van der Waals surface area (Å²) >= 11 is 0. The number of aromatic carboxylic acids is 1. The molecule has 0 radical (unpaired) electrons. The van der Waals surface area contributed by atoms with Crippen LogP contribution in [0.4, 0.5) is 17.1 Å². The molecule has 2 amide bonds. The molecule has 0 saturated heterocycles. The number of nitrogens with two attached hydrogens (primary N) is 1. The number of aromatic hydroxyl groups is 3. The van der Waals surface area contributed by atoms with Crippen LogP contribution in [0.5, 0.6) is 17.2 Å². The summed E-state index contributed by atoms with van der Waals surface area (Å²) in [4.78, 5) is 54.0. The number of nitrogens with zero attached hydrogens (tertiary/aromatic N) is 4. The highest BCUT2D eigenvalue weighted by molar-refractivity contribution is 5.98. The van der Waals surface area contributed by atoms with Crippen LogP contribution in [-0.2, 0) is 0 Å². The van der Waals surface area contributed by atoms with Crippen LogP contribution in [0, 0.1) is 20.2 Å². The number of phenolic OH excluding ortho intramolecular Hbond substituents is 2. The maximum absolute atomic E-state index is 12.1. The third-order valence-electron chi connectivity index (χ3n) is 10.2. The van der Waals surface area contributed by atoms with E-state index in [1.807, 2.05) is 0 Å². The van der Waals surface area contributed by atoms with Gasteiger partial charge in [-0.05, 0) is 62.8 Å². The molecule has 0 bridgehead atoms. The van der Waals surface area contributed by atoms with Crippen LogP contribution >= 0.6 is 0 Å². The summed E-state index contributed by atoms with van der Waals surface area (Å²) in [5.74, 6) is -4.60. The number of hydroxylamine groups is 5. The van der Waals surface area contributed by atoms with E-state index in [9.17, 15) is 55.2 Å². The predicted octanol–water partition coefficient (Wildman–Crippen LogP) is 6.90. The zero-order valence-corrected chi connectivity index (χ0v) is 32.4. The van der Waals surface area contributed by atoms with Gasteiger partial charge in [0.05, 0.1) is 38.7 Å². The van der Waals surface area contributed by atoms with E-state index in [-0.39, 0.29) is 34.6 Å². The number of carbonyl (C=O) groups is 3.